The quantitative estimate of drug-likeness (QED) is 0.921. The van der Waals surface area contributed by atoms with Crippen LogP contribution < -0.4 is 5.73 Å². The molecule has 0 amide bonds. The van der Waals surface area contributed by atoms with Gasteiger partial charge >= 0.3 is 0 Å². The largest absolute Gasteiger partial charge is 0.396 e. The van der Waals surface area contributed by atoms with Crippen LogP contribution in [0, 0.1) is 5.82 Å². The van der Waals surface area contributed by atoms with E-state index in [9.17, 15) is 4.39 Å². The molecular formula is C14H16FN3O. The maximum Gasteiger partial charge on any atom is 0.123 e. The minimum atomic E-state index is -0.229. The number of halogens is 1. The Morgan fingerprint density at radius 2 is 2.16 bits per heavy atom. The number of nitrogens with zero attached hydrogens (tertiary/aromatic N) is 2. The molecular weight excluding hydrogens is 245 g/mol. The summed E-state index contributed by atoms with van der Waals surface area (Å²) in [4.78, 5) is 0. The fourth-order valence-corrected chi connectivity index (χ4v) is 2.38. The van der Waals surface area contributed by atoms with Crippen molar-refractivity contribution in [2.24, 2.45) is 0 Å². The van der Waals surface area contributed by atoms with Crippen LogP contribution in [0.4, 0.5) is 10.1 Å². The molecule has 2 aromatic rings. The molecule has 4 nitrogen and oxygen atoms in total. The lowest BCUT2D eigenvalue weighted by atomic mass is 10.0. The van der Waals surface area contributed by atoms with Crippen molar-refractivity contribution in [3.8, 4) is 0 Å². The summed E-state index contributed by atoms with van der Waals surface area (Å²) >= 11 is 0. The van der Waals surface area contributed by atoms with E-state index in [1.165, 1.54) is 12.1 Å². The van der Waals surface area contributed by atoms with Gasteiger partial charge in [-0.2, -0.15) is 5.10 Å². The van der Waals surface area contributed by atoms with Gasteiger partial charge in [0.05, 0.1) is 24.5 Å². The van der Waals surface area contributed by atoms with E-state index in [0.29, 0.717) is 24.8 Å². The van der Waals surface area contributed by atoms with Crippen LogP contribution in [0.15, 0.2) is 30.5 Å². The molecule has 1 aromatic heterocycles. The molecule has 2 N–H and O–H groups in total. The van der Waals surface area contributed by atoms with Crippen LogP contribution in [0.25, 0.3) is 0 Å². The predicted molar refractivity (Wildman–Crippen MR) is 70.3 cm³/mol. The van der Waals surface area contributed by atoms with Gasteiger partial charge in [-0.15, -0.1) is 0 Å². The zero-order valence-corrected chi connectivity index (χ0v) is 10.6. The molecule has 0 aliphatic carbocycles. The van der Waals surface area contributed by atoms with Crippen molar-refractivity contribution in [3.05, 3.63) is 47.5 Å². The Labute approximate surface area is 111 Å². The topological polar surface area (TPSA) is 53.1 Å². The second-order valence-electron chi connectivity index (χ2n) is 4.85. The van der Waals surface area contributed by atoms with Gasteiger partial charge in [-0.05, 0) is 24.1 Å². The third-order valence-electron chi connectivity index (χ3n) is 3.39. The summed E-state index contributed by atoms with van der Waals surface area (Å²) in [5.41, 5.74) is 8.62. The number of nitrogen functional groups attached to an aromatic ring is 1. The molecule has 1 fully saturated rings. The summed E-state index contributed by atoms with van der Waals surface area (Å²) in [6.07, 6.45) is 2.80. The van der Waals surface area contributed by atoms with E-state index in [1.54, 1.807) is 16.8 Å². The zero-order valence-electron chi connectivity index (χ0n) is 10.6. The van der Waals surface area contributed by atoms with E-state index in [-0.39, 0.29) is 5.82 Å². The molecule has 0 bridgehead atoms. The first-order valence-corrected chi connectivity index (χ1v) is 6.37. The van der Waals surface area contributed by atoms with E-state index >= 15 is 0 Å². The van der Waals surface area contributed by atoms with Gasteiger partial charge in [-0.1, -0.05) is 12.1 Å². The Kier molecular flexibility index (Phi) is 3.21. The number of anilines is 1. The van der Waals surface area contributed by atoms with E-state index in [1.807, 2.05) is 6.20 Å². The van der Waals surface area contributed by atoms with Crippen LogP contribution in [0.5, 0.6) is 0 Å². The van der Waals surface area contributed by atoms with Gasteiger partial charge in [-0.25, -0.2) is 4.39 Å². The molecule has 1 aliphatic rings. The van der Waals surface area contributed by atoms with Gasteiger partial charge in [0.1, 0.15) is 5.82 Å². The Morgan fingerprint density at radius 3 is 2.84 bits per heavy atom. The maximum absolute atomic E-state index is 12.8. The molecule has 19 heavy (non-hydrogen) atoms. The number of hydrogen-bond donors (Lipinski definition) is 1. The molecule has 3 rings (SSSR count). The Hall–Kier alpha value is -1.88. The zero-order chi connectivity index (χ0) is 13.2. The number of ether oxygens (including phenoxy) is 1. The van der Waals surface area contributed by atoms with Gasteiger partial charge in [0.15, 0.2) is 0 Å². The van der Waals surface area contributed by atoms with Crippen LogP contribution in [-0.2, 0) is 11.3 Å². The van der Waals surface area contributed by atoms with Crippen molar-refractivity contribution in [2.45, 2.75) is 18.9 Å². The Morgan fingerprint density at radius 1 is 1.37 bits per heavy atom. The number of aromatic nitrogens is 2. The molecule has 1 atom stereocenters. The number of rotatable bonds is 3. The van der Waals surface area contributed by atoms with Crippen molar-refractivity contribution < 1.29 is 9.13 Å². The fourth-order valence-electron chi connectivity index (χ4n) is 2.38. The van der Waals surface area contributed by atoms with Gasteiger partial charge in [0, 0.05) is 18.7 Å². The predicted octanol–water partition coefficient (Wildman–Crippen LogP) is 2.16. The van der Waals surface area contributed by atoms with E-state index in [4.69, 9.17) is 10.5 Å². The molecule has 0 saturated carbocycles. The molecule has 0 spiro atoms. The molecule has 1 unspecified atom stereocenters. The smallest absolute Gasteiger partial charge is 0.123 e. The Bertz CT molecular complexity index is 559. The van der Waals surface area contributed by atoms with Crippen molar-refractivity contribution in [1.82, 2.24) is 9.78 Å². The number of hydrogen-bond acceptors (Lipinski definition) is 3. The second-order valence-corrected chi connectivity index (χ2v) is 4.85. The van der Waals surface area contributed by atoms with Crippen molar-refractivity contribution in [2.75, 3.05) is 18.9 Å². The summed E-state index contributed by atoms with van der Waals surface area (Å²) in [7, 11) is 0. The lowest BCUT2D eigenvalue weighted by Gasteiger charge is -2.04. The fraction of sp³-hybridized carbons (Fsp3) is 0.357. The first-order valence-electron chi connectivity index (χ1n) is 6.37. The van der Waals surface area contributed by atoms with E-state index in [0.717, 1.165) is 24.3 Å². The lowest BCUT2D eigenvalue weighted by molar-refractivity contribution is 0.193. The summed E-state index contributed by atoms with van der Waals surface area (Å²) < 4.78 is 20.0. The third-order valence-corrected chi connectivity index (χ3v) is 3.39. The van der Waals surface area contributed by atoms with E-state index in [2.05, 4.69) is 5.10 Å². The monoisotopic (exact) mass is 261 g/mol. The van der Waals surface area contributed by atoms with Gasteiger partial charge in [0.25, 0.3) is 0 Å². The minimum Gasteiger partial charge on any atom is -0.396 e. The molecule has 1 aromatic carbocycles. The van der Waals surface area contributed by atoms with Gasteiger partial charge in [-0.3, -0.25) is 4.68 Å². The van der Waals surface area contributed by atoms with Gasteiger partial charge in [0.2, 0.25) is 0 Å². The van der Waals surface area contributed by atoms with Crippen LogP contribution in [-0.4, -0.2) is 23.0 Å². The highest BCUT2D eigenvalue weighted by Gasteiger charge is 2.22. The summed E-state index contributed by atoms with van der Waals surface area (Å²) in [5.74, 6) is 0.0713. The van der Waals surface area contributed by atoms with Crippen molar-refractivity contribution in [3.63, 3.8) is 0 Å². The average Bonchev–Trinajstić information content (AvgIpc) is 3.01. The van der Waals surface area contributed by atoms with Crippen LogP contribution in [0.1, 0.15) is 23.6 Å². The molecule has 1 aliphatic heterocycles. The summed E-state index contributed by atoms with van der Waals surface area (Å²) in [5, 5.41) is 4.53. The maximum atomic E-state index is 12.8. The molecule has 100 valence electrons. The SMILES string of the molecule is Nc1cn(Cc2ccc(F)cc2)nc1C1CCOC1. The highest BCUT2D eigenvalue weighted by atomic mass is 19.1. The third kappa shape index (κ3) is 2.61. The van der Waals surface area contributed by atoms with Crippen molar-refractivity contribution in [1.29, 1.82) is 0 Å². The first kappa shape index (κ1) is 12.2. The van der Waals surface area contributed by atoms with Gasteiger partial charge < -0.3 is 10.5 Å². The molecule has 2 heterocycles. The second kappa shape index (κ2) is 5.01. The number of benzene rings is 1. The van der Waals surface area contributed by atoms with E-state index < -0.39 is 0 Å². The highest BCUT2D eigenvalue weighted by molar-refractivity contribution is 5.43. The highest BCUT2D eigenvalue weighted by Crippen LogP contribution is 2.28. The standard InChI is InChI=1S/C14H16FN3O/c15-12-3-1-10(2-4-12)7-18-8-13(16)14(17-18)11-5-6-19-9-11/h1-4,8,11H,5-7,9,16H2. The summed E-state index contributed by atoms with van der Waals surface area (Å²) in [6, 6.07) is 6.42. The van der Waals surface area contributed by atoms with Crippen LogP contribution in [0.2, 0.25) is 0 Å². The Balaban J connectivity index is 1.78. The minimum absolute atomic E-state index is 0.229. The average molecular weight is 261 g/mol. The molecule has 1 saturated heterocycles. The lowest BCUT2D eigenvalue weighted by Crippen LogP contribution is -2.04. The summed E-state index contributed by atoms with van der Waals surface area (Å²) in [6.45, 7) is 2.06. The number of nitrogens with two attached hydrogens (primary N) is 1. The van der Waals surface area contributed by atoms with Crippen molar-refractivity contribution >= 4 is 5.69 Å². The van der Waals surface area contributed by atoms with Crippen LogP contribution >= 0.6 is 0 Å². The molecule has 0 radical (unpaired) electrons. The first-order chi connectivity index (χ1) is 9.22. The van der Waals surface area contributed by atoms with Crippen LogP contribution in [0.3, 0.4) is 0 Å². The molecule has 5 heteroatoms. The normalized spacial score (nSPS) is 18.9.